The van der Waals surface area contributed by atoms with Crippen LogP contribution >= 0.6 is 0 Å². The van der Waals surface area contributed by atoms with Crippen LogP contribution in [-0.2, 0) is 0 Å². The summed E-state index contributed by atoms with van der Waals surface area (Å²) in [7, 11) is 0. The summed E-state index contributed by atoms with van der Waals surface area (Å²) < 4.78 is 0. The second-order valence-corrected chi connectivity index (χ2v) is 4.26. The maximum Gasteiger partial charge on any atom is 0.172 e. The summed E-state index contributed by atoms with van der Waals surface area (Å²) in [5.41, 5.74) is 0.873. The van der Waals surface area contributed by atoms with Crippen LogP contribution in [0.4, 0.5) is 5.82 Å². The van der Waals surface area contributed by atoms with Crippen molar-refractivity contribution in [3.63, 3.8) is 0 Å². The maximum atomic E-state index is 4.48. The van der Waals surface area contributed by atoms with Gasteiger partial charge in [0.2, 0.25) is 0 Å². The molecule has 0 aromatic carbocycles. The Hall–Kier alpha value is -2.37. The largest absolute Gasteiger partial charge is 0.360 e. The number of H-pyrrole nitrogens is 2. The molecule has 3 heterocycles. The van der Waals surface area contributed by atoms with Crippen molar-refractivity contribution in [2.24, 2.45) is 0 Å². The van der Waals surface area contributed by atoms with Crippen molar-refractivity contribution in [2.75, 3.05) is 5.32 Å². The lowest BCUT2D eigenvalue weighted by Gasteiger charge is -2.10. The first-order valence-corrected chi connectivity index (χ1v) is 5.82. The Morgan fingerprint density at radius 1 is 1.22 bits per heavy atom. The zero-order chi connectivity index (χ0) is 12.5. The molecule has 3 rings (SSSR count). The molecule has 3 aromatic rings. The third-order valence-electron chi connectivity index (χ3n) is 2.78. The van der Waals surface area contributed by atoms with Gasteiger partial charge in [-0.3, -0.25) is 5.10 Å². The molecular weight excluding hydrogens is 228 g/mol. The number of nitrogens with one attached hydrogen (secondary N) is 3. The Kier molecular flexibility index (Phi) is 2.47. The monoisotopic (exact) mass is 242 g/mol. The molecule has 6 nitrogen and oxygen atoms in total. The SMILES string of the molecule is Cc1nc(C(C)Nc2ccc3cc[nH]c3n2)n[nH]1. The van der Waals surface area contributed by atoms with Gasteiger partial charge in [-0.2, -0.15) is 5.10 Å². The van der Waals surface area contributed by atoms with E-state index in [-0.39, 0.29) is 6.04 Å². The smallest absolute Gasteiger partial charge is 0.172 e. The zero-order valence-corrected chi connectivity index (χ0v) is 10.2. The molecule has 0 aliphatic rings. The van der Waals surface area contributed by atoms with Crippen LogP contribution in [0.15, 0.2) is 24.4 Å². The van der Waals surface area contributed by atoms with E-state index < -0.39 is 0 Å². The van der Waals surface area contributed by atoms with E-state index in [1.807, 2.05) is 38.2 Å². The molecule has 1 atom stereocenters. The molecule has 3 aromatic heterocycles. The first kappa shape index (κ1) is 10.8. The van der Waals surface area contributed by atoms with Crippen molar-refractivity contribution in [3.05, 3.63) is 36.0 Å². The van der Waals surface area contributed by atoms with E-state index in [4.69, 9.17) is 0 Å². The summed E-state index contributed by atoms with van der Waals surface area (Å²) in [6.45, 7) is 3.88. The minimum atomic E-state index is 0.00913. The fourth-order valence-corrected chi connectivity index (χ4v) is 1.85. The third-order valence-corrected chi connectivity index (χ3v) is 2.78. The van der Waals surface area contributed by atoms with E-state index in [0.717, 1.165) is 28.5 Å². The third kappa shape index (κ3) is 1.92. The van der Waals surface area contributed by atoms with Gasteiger partial charge in [-0.15, -0.1) is 0 Å². The minimum absolute atomic E-state index is 0.00913. The first-order chi connectivity index (χ1) is 8.72. The van der Waals surface area contributed by atoms with Crippen molar-refractivity contribution in [3.8, 4) is 0 Å². The lowest BCUT2D eigenvalue weighted by atomic mass is 10.3. The van der Waals surface area contributed by atoms with Gasteiger partial charge in [0.25, 0.3) is 0 Å². The molecule has 0 aliphatic heterocycles. The van der Waals surface area contributed by atoms with E-state index in [9.17, 15) is 0 Å². The molecule has 0 saturated heterocycles. The molecule has 0 radical (unpaired) electrons. The van der Waals surface area contributed by atoms with Crippen LogP contribution in [0.25, 0.3) is 11.0 Å². The number of hydrogen-bond acceptors (Lipinski definition) is 4. The average Bonchev–Trinajstić information content (AvgIpc) is 2.96. The highest BCUT2D eigenvalue weighted by Crippen LogP contribution is 2.17. The summed E-state index contributed by atoms with van der Waals surface area (Å²) in [6.07, 6.45) is 1.88. The van der Waals surface area contributed by atoms with Crippen LogP contribution in [0, 0.1) is 6.92 Å². The van der Waals surface area contributed by atoms with Gasteiger partial charge in [0, 0.05) is 11.6 Å². The molecule has 0 fully saturated rings. The predicted molar refractivity (Wildman–Crippen MR) is 69.3 cm³/mol. The van der Waals surface area contributed by atoms with Crippen molar-refractivity contribution < 1.29 is 0 Å². The topological polar surface area (TPSA) is 82.3 Å². The number of pyridine rings is 1. The Balaban J connectivity index is 1.83. The number of fused-ring (bicyclic) bond motifs is 1. The normalized spacial score (nSPS) is 12.8. The quantitative estimate of drug-likeness (QED) is 0.657. The molecule has 0 bridgehead atoms. The van der Waals surface area contributed by atoms with Crippen molar-refractivity contribution in [1.29, 1.82) is 0 Å². The number of hydrogen-bond donors (Lipinski definition) is 3. The van der Waals surface area contributed by atoms with Crippen molar-refractivity contribution in [1.82, 2.24) is 25.1 Å². The highest BCUT2D eigenvalue weighted by molar-refractivity contribution is 5.77. The molecular formula is C12H14N6. The second-order valence-electron chi connectivity index (χ2n) is 4.26. The van der Waals surface area contributed by atoms with Crippen molar-refractivity contribution >= 4 is 16.9 Å². The average molecular weight is 242 g/mol. The van der Waals surface area contributed by atoms with Gasteiger partial charge in [0.15, 0.2) is 5.82 Å². The Morgan fingerprint density at radius 2 is 2.11 bits per heavy atom. The lowest BCUT2D eigenvalue weighted by molar-refractivity contribution is 0.791. The number of rotatable bonds is 3. The first-order valence-electron chi connectivity index (χ1n) is 5.82. The summed E-state index contributed by atoms with van der Waals surface area (Å²) >= 11 is 0. The van der Waals surface area contributed by atoms with E-state index in [1.54, 1.807) is 0 Å². The minimum Gasteiger partial charge on any atom is -0.360 e. The fraction of sp³-hybridized carbons (Fsp3) is 0.250. The lowest BCUT2D eigenvalue weighted by Crippen LogP contribution is -2.09. The number of nitrogens with zero attached hydrogens (tertiary/aromatic N) is 3. The number of anilines is 1. The van der Waals surface area contributed by atoms with Crippen LogP contribution in [-0.4, -0.2) is 25.1 Å². The van der Waals surface area contributed by atoms with E-state index in [0.29, 0.717) is 0 Å². The van der Waals surface area contributed by atoms with Gasteiger partial charge in [0.1, 0.15) is 17.3 Å². The van der Waals surface area contributed by atoms with Gasteiger partial charge >= 0.3 is 0 Å². The number of aromatic amines is 2. The van der Waals surface area contributed by atoms with Gasteiger partial charge in [0.05, 0.1) is 6.04 Å². The summed E-state index contributed by atoms with van der Waals surface area (Å²) in [4.78, 5) is 11.9. The molecule has 6 heteroatoms. The fourth-order valence-electron chi connectivity index (χ4n) is 1.85. The van der Waals surface area contributed by atoms with E-state index in [1.165, 1.54) is 0 Å². The standard InChI is InChI=1S/C12H14N6/c1-7(11-15-8(2)17-18-11)14-10-4-3-9-5-6-13-12(9)16-10/h3-7H,1-2H3,(H2,13,14,16)(H,15,17,18). The van der Waals surface area contributed by atoms with Crippen LogP contribution in [0.1, 0.15) is 24.6 Å². The molecule has 0 amide bonds. The van der Waals surface area contributed by atoms with Gasteiger partial charge in [-0.1, -0.05) is 0 Å². The van der Waals surface area contributed by atoms with Crippen LogP contribution < -0.4 is 5.32 Å². The molecule has 92 valence electrons. The summed E-state index contributed by atoms with van der Waals surface area (Å²) in [6, 6.07) is 5.98. The van der Waals surface area contributed by atoms with Crippen molar-refractivity contribution in [2.45, 2.75) is 19.9 Å². The number of aromatic nitrogens is 5. The molecule has 3 N–H and O–H groups in total. The van der Waals surface area contributed by atoms with Gasteiger partial charge in [-0.05, 0) is 32.0 Å². The molecule has 18 heavy (non-hydrogen) atoms. The number of aryl methyl sites for hydroxylation is 1. The Bertz CT molecular complexity index is 668. The van der Waals surface area contributed by atoms with E-state index >= 15 is 0 Å². The highest BCUT2D eigenvalue weighted by atomic mass is 15.2. The van der Waals surface area contributed by atoms with Crippen LogP contribution in [0.2, 0.25) is 0 Å². The van der Waals surface area contributed by atoms with Gasteiger partial charge < -0.3 is 10.3 Å². The van der Waals surface area contributed by atoms with Crippen LogP contribution in [0.3, 0.4) is 0 Å². The summed E-state index contributed by atoms with van der Waals surface area (Å²) in [5, 5.41) is 11.3. The zero-order valence-electron chi connectivity index (χ0n) is 10.2. The maximum absolute atomic E-state index is 4.48. The van der Waals surface area contributed by atoms with E-state index in [2.05, 4.69) is 30.5 Å². The molecule has 0 aliphatic carbocycles. The highest BCUT2D eigenvalue weighted by Gasteiger charge is 2.11. The molecule has 1 unspecified atom stereocenters. The van der Waals surface area contributed by atoms with Gasteiger partial charge in [-0.25, -0.2) is 9.97 Å². The van der Waals surface area contributed by atoms with Crippen LogP contribution in [0.5, 0.6) is 0 Å². The predicted octanol–water partition coefficient (Wildman–Crippen LogP) is 2.16. The molecule has 0 saturated carbocycles. The second kappa shape index (κ2) is 4.14. The molecule has 0 spiro atoms. The Morgan fingerprint density at radius 3 is 2.89 bits per heavy atom. The summed E-state index contributed by atoms with van der Waals surface area (Å²) in [5.74, 6) is 2.35. The Labute approximate surface area is 104 Å².